The van der Waals surface area contributed by atoms with Crippen molar-refractivity contribution in [2.24, 2.45) is 0 Å². The average molecular weight is 440 g/mol. The van der Waals surface area contributed by atoms with Gasteiger partial charge in [-0.2, -0.15) is 0 Å². The molecule has 0 unspecified atom stereocenters. The Kier molecular flexibility index (Phi) is 7.38. The number of nitrogens with one attached hydrogen (secondary N) is 2. The topological polar surface area (TPSA) is 101 Å². The summed E-state index contributed by atoms with van der Waals surface area (Å²) in [6.07, 6.45) is 4.97. The smallest absolute Gasteiger partial charge is 0.240 e. The second-order valence-electron chi connectivity index (χ2n) is 7.08. The summed E-state index contributed by atoms with van der Waals surface area (Å²) in [6, 6.07) is 16.5. The van der Waals surface area contributed by atoms with Crippen LogP contribution in [0.15, 0.2) is 64.0 Å². The summed E-state index contributed by atoms with van der Waals surface area (Å²) >= 11 is 0. The Balaban J connectivity index is 1.59. The van der Waals surface area contributed by atoms with Crippen molar-refractivity contribution in [3.8, 4) is 0 Å². The lowest BCUT2D eigenvalue weighted by atomic mass is 10.1. The van der Waals surface area contributed by atoms with Gasteiger partial charge in [-0.1, -0.05) is 53.7 Å². The first-order chi connectivity index (χ1) is 14.8. The molecule has 3 rings (SSSR count). The molecule has 0 saturated heterocycles. The first-order valence-electron chi connectivity index (χ1n) is 9.91. The van der Waals surface area contributed by atoms with Crippen molar-refractivity contribution < 1.29 is 17.7 Å². The van der Waals surface area contributed by atoms with Gasteiger partial charge in [0.1, 0.15) is 11.4 Å². The van der Waals surface area contributed by atoms with Gasteiger partial charge >= 0.3 is 0 Å². The number of rotatable bonds is 9. The van der Waals surface area contributed by atoms with Crippen LogP contribution in [0, 0.1) is 6.92 Å². The zero-order valence-corrected chi connectivity index (χ0v) is 18.3. The summed E-state index contributed by atoms with van der Waals surface area (Å²) in [5, 5.41) is 6.54. The summed E-state index contributed by atoms with van der Waals surface area (Å²) in [7, 11) is -3.57. The SMILES string of the molecule is CC(=O)Nc1c(C)noc1C=Cc1ccc(S(=O)(=O)NCCCc2ccccc2)cc1. The summed E-state index contributed by atoms with van der Waals surface area (Å²) in [5.41, 5.74) is 3.06. The molecule has 2 N–H and O–H groups in total. The zero-order chi connectivity index (χ0) is 22.3. The van der Waals surface area contributed by atoms with Crippen LogP contribution < -0.4 is 10.0 Å². The third-order valence-electron chi connectivity index (χ3n) is 4.58. The Hall–Kier alpha value is -3.23. The van der Waals surface area contributed by atoms with E-state index in [0.717, 1.165) is 18.4 Å². The number of amides is 1. The van der Waals surface area contributed by atoms with E-state index in [4.69, 9.17) is 4.52 Å². The van der Waals surface area contributed by atoms with Crippen LogP contribution in [0.4, 0.5) is 5.69 Å². The predicted molar refractivity (Wildman–Crippen MR) is 121 cm³/mol. The summed E-state index contributed by atoms with van der Waals surface area (Å²) in [5.74, 6) is 0.205. The number of hydrogen-bond donors (Lipinski definition) is 2. The van der Waals surface area contributed by atoms with Gasteiger partial charge in [0, 0.05) is 13.5 Å². The van der Waals surface area contributed by atoms with Crippen LogP contribution in [-0.4, -0.2) is 26.0 Å². The van der Waals surface area contributed by atoms with Crippen LogP contribution in [0.2, 0.25) is 0 Å². The second-order valence-corrected chi connectivity index (χ2v) is 8.84. The summed E-state index contributed by atoms with van der Waals surface area (Å²) < 4.78 is 32.9. The van der Waals surface area contributed by atoms with Gasteiger partial charge in [0.25, 0.3) is 0 Å². The maximum absolute atomic E-state index is 12.5. The number of nitrogens with zero attached hydrogens (tertiary/aromatic N) is 1. The lowest BCUT2D eigenvalue weighted by molar-refractivity contribution is -0.114. The van der Waals surface area contributed by atoms with Gasteiger partial charge < -0.3 is 9.84 Å². The molecule has 31 heavy (non-hydrogen) atoms. The molecule has 1 heterocycles. The maximum Gasteiger partial charge on any atom is 0.240 e. The van der Waals surface area contributed by atoms with E-state index in [-0.39, 0.29) is 10.8 Å². The number of aromatic nitrogens is 1. The van der Waals surface area contributed by atoms with E-state index in [2.05, 4.69) is 15.2 Å². The van der Waals surface area contributed by atoms with E-state index in [1.807, 2.05) is 30.3 Å². The highest BCUT2D eigenvalue weighted by molar-refractivity contribution is 7.89. The number of carbonyl (C=O) groups excluding carboxylic acids is 1. The highest BCUT2D eigenvalue weighted by Crippen LogP contribution is 2.22. The molecule has 7 nitrogen and oxygen atoms in total. The highest BCUT2D eigenvalue weighted by atomic mass is 32.2. The Morgan fingerprint density at radius 3 is 2.45 bits per heavy atom. The zero-order valence-electron chi connectivity index (χ0n) is 17.5. The van der Waals surface area contributed by atoms with E-state index in [1.54, 1.807) is 43.3 Å². The second kappa shape index (κ2) is 10.2. The molecule has 0 bridgehead atoms. The summed E-state index contributed by atoms with van der Waals surface area (Å²) in [4.78, 5) is 11.5. The number of hydrogen-bond acceptors (Lipinski definition) is 5. The first kappa shape index (κ1) is 22.5. The van der Waals surface area contributed by atoms with Crippen molar-refractivity contribution >= 4 is 33.8 Å². The van der Waals surface area contributed by atoms with Crippen LogP contribution in [0.25, 0.3) is 12.2 Å². The lowest BCUT2D eigenvalue weighted by Gasteiger charge is -2.07. The number of anilines is 1. The van der Waals surface area contributed by atoms with E-state index >= 15 is 0 Å². The fourth-order valence-electron chi connectivity index (χ4n) is 2.99. The molecule has 0 fully saturated rings. The van der Waals surface area contributed by atoms with Gasteiger partial charge in [-0.05, 0) is 49.1 Å². The monoisotopic (exact) mass is 439 g/mol. The molecule has 0 radical (unpaired) electrons. The van der Waals surface area contributed by atoms with Crippen molar-refractivity contribution in [3.05, 3.63) is 77.2 Å². The van der Waals surface area contributed by atoms with Crippen molar-refractivity contribution in [3.63, 3.8) is 0 Å². The fourth-order valence-corrected chi connectivity index (χ4v) is 4.06. The van der Waals surface area contributed by atoms with Crippen LogP contribution in [0.5, 0.6) is 0 Å². The molecular weight excluding hydrogens is 414 g/mol. The van der Waals surface area contributed by atoms with Crippen molar-refractivity contribution in [2.75, 3.05) is 11.9 Å². The minimum Gasteiger partial charge on any atom is -0.354 e. The van der Waals surface area contributed by atoms with Gasteiger partial charge in [0.15, 0.2) is 5.76 Å². The molecule has 0 spiro atoms. The molecule has 0 aliphatic rings. The number of sulfonamides is 1. The third kappa shape index (κ3) is 6.37. The molecule has 0 saturated carbocycles. The average Bonchev–Trinajstić information content (AvgIpc) is 3.09. The molecule has 0 aliphatic carbocycles. The lowest BCUT2D eigenvalue weighted by Crippen LogP contribution is -2.25. The Bertz CT molecular complexity index is 1150. The number of aryl methyl sites for hydroxylation is 2. The minimum absolute atomic E-state index is 0.207. The van der Waals surface area contributed by atoms with Gasteiger partial charge in [-0.25, -0.2) is 13.1 Å². The van der Waals surface area contributed by atoms with Crippen LogP contribution >= 0.6 is 0 Å². The molecule has 8 heteroatoms. The molecule has 0 aliphatic heterocycles. The van der Waals surface area contributed by atoms with E-state index < -0.39 is 10.0 Å². The predicted octanol–water partition coefficient (Wildman–Crippen LogP) is 4.02. The number of carbonyl (C=O) groups is 1. The molecular formula is C23H25N3O4S. The Labute approximate surface area is 182 Å². The van der Waals surface area contributed by atoms with Gasteiger partial charge in [0.2, 0.25) is 15.9 Å². The molecule has 1 aromatic heterocycles. The van der Waals surface area contributed by atoms with E-state index in [1.165, 1.54) is 12.5 Å². The fraction of sp³-hybridized carbons (Fsp3) is 0.217. The molecule has 162 valence electrons. The van der Waals surface area contributed by atoms with Crippen molar-refractivity contribution in [1.82, 2.24) is 9.88 Å². The molecule has 3 aromatic rings. The van der Waals surface area contributed by atoms with Crippen LogP contribution in [0.1, 0.15) is 35.9 Å². The third-order valence-corrected chi connectivity index (χ3v) is 6.06. The van der Waals surface area contributed by atoms with Crippen LogP contribution in [-0.2, 0) is 21.2 Å². The first-order valence-corrected chi connectivity index (χ1v) is 11.4. The summed E-state index contributed by atoms with van der Waals surface area (Å²) in [6.45, 7) is 3.52. The standard InChI is InChI=1S/C23H25N3O4S/c1-17-23(25-18(2)27)22(30-26-17)15-12-20-10-13-21(14-11-20)31(28,29)24-16-6-9-19-7-4-3-5-8-19/h3-5,7-8,10-15,24H,6,9,16H2,1-2H3,(H,25,27). The highest BCUT2D eigenvalue weighted by Gasteiger charge is 2.13. The molecule has 2 aromatic carbocycles. The maximum atomic E-state index is 12.5. The quantitative estimate of drug-likeness (QED) is 0.490. The number of benzene rings is 2. The van der Waals surface area contributed by atoms with Gasteiger partial charge in [-0.3, -0.25) is 4.79 Å². The van der Waals surface area contributed by atoms with Gasteiger partial charge in [-0.15, -0.1) is 0 Å². The largest absolute Gasteiger partial charge is 0.354 e. The van der Waals surface area contributed by atoms with E-state index in [9.17, 15) is 13.2 Å². The van der Waals surface area contributed by atoms with E-state index in [0.29, 0.717) is 23.7 Å². The normalized spacial score (nSPS) is 11.7. The van der Waals surface area contributed by atoms with Crippen molar-refractivity contribution in [2.45, 2.75) is 31.6 Å². The van der Waals surface area contributed by atoms with Gasteiger partial charge in [0.05, 0.1) is 4.90 Å². The Morgan fingerprint density at radius 2 is 1.77 bits per heavy atom. The Morgan fingerprint density at radius 1 is 1.06 bits per heavy atom. The minimum atomic E-state index is -3.57. The van der Waals surface area contributed by atoms with Crippen molar-refractivity contribution in [1.29, 1.82) is 0 Å². The molecule has 1 amide bonds. The molecule has 0 atom stereocenters. The van der Waals surface area contributed by atoms with Crippen LogP contribution in [0.3, 0.4) is 0 Å².